The maximum atomic E-state index is 11.5. The molecule has 2 N–H and O–H groups in total. The van der Waals surface area contributed by atoms with Gasteiger partial charge in [0.1, 0.15) is 0 Å². The quantitative estimate of drug-likeness (QED) is 0.484. The maximum Gasteiger partial charge on any atom is 0.230 e. The fourth-order valence-corrected chi connectivity index (χ4v) is 2.57. The number of carbonyl (C=O) groups excluding carboxylic acids is 2. The van der Waals surface area contributed by atoms with E-state index in [-0.39, 0.29) is 11.8 Å². The Morgan fingerprint density at radius 2 is 1.14 bits per heavy atom. The van der Waals surface area contributed by atoms with Crippen LogP contribution in [-0.2, 0) is 9.59 Å². The van der Waals surface area contributed by atoms with E-state index >= 15 is 0 Å². The molecule has 0 saturated carbocycles. The van der Waals surface area contributed by atoms with Crippen LogP contribution >= 0.6 is 11.8 Å². The number of hydrogen-bond donors (Lipinski definition) is 2. The number of rotatable bonds is 14. The van der Waals surface area contributed by atoms with Crippen molar-refractivity contribution in [3.8, 4) is 0 Å². The van der Waals surface area contributed by atoms with Crippen LogP contribution in [0.5, 0.6) is 0 Å². The van der Waals surface area contributed by atoms with Gasteiger partial charge in [0.2, 0.25) is 11.8 Å². The van der Waals surface area contributed by atoms with E-state index in [1.54, 1.807) is 0 Å². The fraction of sp³-hybridized carbons (Fsp3) is 0.875. The first-order valence-corrected chi connectivity index (χ1v) is 9.47. The monoisotopic (exact) mass is 316 g/mol. The van der Waals surface area contributed by atoms with Gasteiger partial charge >= 0.3 is 0 Å². The largest absolute Gasteiger partial charge is 0.355 e. The standard InChI is InChI=1S/C16H32N2O2S/c1-3-5-7-9-11-17-15(19)13-21-14-16(20)18-12-10-8-6-4-2/h3-14H2,1-2H3,(H,17,19)(H,18,20). The van der Waals surface area contributed by atoms with Crippen LogP contribution in [0.25, 0.3) is 0 Å². The first kappa shape index (κ1) is 20.3. The second kappa shape index (κ2) is 15.7. The van der Waals surface area contributed by atoms with Crippen molar-refractivity contribution in [2.45, 2.75) is 65.2 Å². The van der Waals surface area contributed by atoms with Crippen molar-refractivity contribution >= 4 is 23.6 Å². The molecule has 0 aromatic rings. The summed E-state index contributed by atoms with van der Waals surface area (Å²) < 4.78 is 0. The molecule has 0 radical (unpaired) electrons. The highest BCUT2D eigenvalue weighted by molar-refractivity contribution is 8.00. The van der Waals surface area contributed by atoms with E-state index < -0.39 is 0 Å². The van der Waals surface area contributed by atoms with Crippen molar-refractivity contribution < 1.29 is 9.59 Å². The summed E-state index contributed by atoms with van der Waals surface area (Å²) in [7, 11) is 0. The van der Waals surface area contributed by atoms with Crippen molar-refractivity contribution in [2.75, 3.05) is 24.6 Å². The van der Waals surface area contributed by atoms with Crippen LogP contribution in [0.1, 0.15) is 65.2 Å². The van der Waals surface area contributed by atoms with Crippen molar-refractivity contribution in [2.24, 2.45) is 0 Å². The third-order valence-electron chi connectivity index (χ3n) is 3.17. The molecule has 0 spiro atoms. The van der Waals surface area contributed by atoms with Crippen molar-refractivity contribution in [3.63, 3.8) is 0 Å². The third-order valence-corrected chi connectivity index (χ3v) is 4.10. The normalized spacial score (nSPS) is 10.4. The Morgan fingerprint density at radius 3 is 1.52 bits per heavy atom. The Kier molecular flexibility index (Phi) is 15.1. The summed E-state index contributed by atoms with van der Waals surface area (Å²) in [6.45, 7) is 5.85. The van der Waals surface area contributed by atoms with Gasteiger partial charge in [0.05, 0.1) is 11.5 Å². The Balaban J connectivity index is 3.34. The topological polar surface area (TPSA) is 58.2 Å². The Morgan fingerprint density at radius 1 is 0.714 bits per heavy atom. The van der Waals surface area contributed by atoms with E-state index in [1.807, 2.05) is 0 Å². The molecule has 0 rings (SSSR count). The molecule has 0 unspecified atom stereocenters. The molecule has 0 atom stereocenters. The summed E-state index contributed by atoms with van der Waals surface area (Å²) in [6.07, 6.45) is 9.29. The van der Waals surface area contributed by atoms with Gasteiger partial charge in [0, 0.05) is 13.1 Å². The first-order chi connectivity index (χ1) is 10.2. The van der Waals surface area contributed by atoms with Crippen LogP contribution in [-0.4, -0.2) is 36.4 Å². The first-order valence-electron chi connectivity index (χ1n) is 8.31. The molecule has 0 heterocycles. The zero-order chi connectivity index (χ0) is 15.8. The third kappa shape index (κ3) is 15.5. The van der Waals surface area contributed by atoms with Crippen LogP contribution in [0.2, 0.25) is 0 Å². The van der Waals surface area contributed by atoms with Crippen LogP contribution in [0.15, 0.2) is 0 Å². The van der Waals surface area contributed by atoms with Crippen molar-refractivity contribution in [1.82, 2.24) is 10.6 Å². The van der Waals surface area contributed by atoms with Gasteiger partial charge in [-0.25, -0.2) is 0 Å². The SMILES string of the molecule is CCCCCCNC(=O)CSCC(=O)NCCCCCC. The Hall–Kier alpha value is -0.710. The van der Waals surface area contributed by atoms with Crippen LogP contribution < -0.4 is 10.6 Å². The Bertz CT molecular complexity index is 247. The number of unbranched alkanes of at least 4 members (excludes halogenated alkanes) is 6. The van der Waals surface area contributed by atoms with Gasteiger partial charge in [-0.1, -0.05) is 52.4 Å². The molecular weight excluding hydrogens is 284 g/mol. The minimum atomic E-state index is 0.0345. The minimum absolute atomic E-state index is 0.0345. The molecule has 124 valence electrons. The minimum Gasteiger partial charge on any atom is -0.355 e. The predicted octanol–water partition coefficient (Wildman–Crippen LogP) is 3.11. The van der Waals surface area contributed by atoms with E-state index in [9.17, 15) is 9.59 Å². The summed E-state index contributed by atoms with van der Waals surface area (Å²) in [5.41, 5.74) is 0. The second-order valence-corrected chi connectivity index (χ2v) is 6.30. The molecule has 4 nitrogen and oxygen atoms in total. The molecule has 2 amide bonds. The van der Waals surface area contributed by atoms with Gasteiger partial charge in [0.25, 0.3) is 0 Å². The van der Waals surface area contributed by atoms with Crippen LogP contribution in [0, 0.1) is 0 Å². The van der Waals surface area contributed by atoms with Crippen molar-refractivity contribution in [3.05, 3.63) is 0 Å². The van der Waals surface area contributed by atoms with Crippen molar-refractivity contribution in [1.29, 1.82) is 0 Å². The number of amides is 2. The lowest BCUT2D eigenvalue weighted by Gasteiger charge is -2.06. The number of carbonyl (C=O) groups is 2. The summed E-state index contributed by atoms with van der Waals surface area (Å²) in [4.78, 5) is 23.1. The van der Waals surface area contributed by atoms with E-state index in [2.05, 4.69) is 24.5 Å². The second-order valence-electron chi connectivity index (χ2n) is 5.31. The number of hydrogen-bond acceptors (Lipinski definition) is 3. The lowest BCUT2D eigenvalue weighted by molar-refractivity contribution is -0.118. The summed E-state index contributed by atoms with van der Waals surface area (Å²) in [5, 5.41) is 5.78. The summed E-state index contributed by atoms with van der Waals surface area (Å²) in [5.74, 6) is 0.813. The van der Waals surface area contributed by atoms with Gasteiger partial charge in [-0.2, -0.15) is 0 Å². The highest BCUT2D eigenvalue weighted by Gasteiger charge is 2.04. The lowest BCUT2D eigenvalue weighted by Crippen LogP contribution is -2.29. The molecule has 0 aromatic carbocycles. The van der Waals surface area contributed by atoms with Gasteiger partial charge in [0.15, 0.2) is 0 Å². The smallest absolute Gasteiger partial charge is 0.230 e. The fourth-order valence-electron chi connectivity index (χ4n) is 1.90. The average molecular weight is 317 g/mol. The molecule has 0 aliphatic rings. The lowest BCUT2D eigenvalue weighted by atomic mass is 10.2. The van der Waals surface area contributed by atoms with E-state index in [4.69, 9.17) is 0 Å². The highest BCUT2D eigenvalue weighted by atomic mass is 32.2. The van der Waals surface area contributed by atoms with Crippen LogP contribution in [0.4, 0.5) is 0 Å². The summed E-state index contributed by atoms with van der Waals surface area (Å²) >= 11 is 1.38. The zero-order valence-electron chi connectivity index (χ0n) is 13.7. The van der Waals surface area contributed by atoms with E-state index in [1.165, 1.54) is 50.3 Å². The van der Waals surface area contributed by atoms with E-state index in [0.717, 1.165) is 25.9 Å². The van der Waals surface area contributed by atoms with Gasteiger partial charge < -0.3 is 10.6 Å². The molecule has 0 aromatic heterocycles. The molecular formula is C16H32N2O2S. The molecule has 0 bridgehead atoms. The molecule has 0 saturated heterocycles. The maximum absolute atomic E-state index is 11.5. The number of thioether (sulfide) groups is 1. The van der Waals surface area contributed by atoms with Crippen LogP contribution in [0.3, 0.4) is 0 Å². The molecule has 0 fully saturated rings. The van der Waals surface area contributed by atoms with E-state index in [0.29, 0.717) is 11.5 Å². The zero-order valence-corrected chi connectivity index (χ0v) is 14.5. The number of nitrogens with one attached hydrogen (secondary N) is 2. The van der Waals surface area contributed by atoms with Gasteiger partial charge in [-0.3, -0.25) is 9.59 Å². The summed E-state index contributed by atoms with van der Waals surface area (Å²) in [6, 6.07) is 0. The van der Waals surface area contributed by atoms with Gasteiger partial charge in [-0.05, 0) is 12.8 Å². The molecule has 0 aliphatic carbocycles. The molecule has 5 heteroatoms. The van der Waals surface area contributed by atoms with Gasteiger partial charge in [-0.15, -0.1) is 11.8 Å². The predicted molar refractivity (Wildman–Crippen MR) is 91.6 cm³/mol. The molecule has 0 aliphatic heterocycles. The highest BCUT2D eigenvalue weighted by Crippen LogP contribution is 2.01. The molecule has 21 heavy (non-hydrogen) atoms. The Labute approximate surface area is 134 Å². The average Bonchev–Trinajstić information content (AvgIpc) is 2.47.